The van der Waals surface area contributed by atoms with Gasteiger partial charge in [0.25, 0.3) is 0 Å². The van der Waals surface area contributed by atoms with E-state index in [1.165, 1.54) is 18.4 Å². The summed E-state index contributed by atoms with van der Waals surface area (Å²) in [5.41, 5.74) is 1.25. The molecule has 0 saturated heterocycles. The van der Waals surface area contributed by atoms with Crippen molar-refractivity contribution in [2.24, 2.45) is 5.92 Å². The molecule has 0 aromatic carbocycles. The highest BCUT2D eigenvalue weighted by Crippen LogP contribution is 2.31. The van der Waals surface area contributed by atoms with Gasteiger partial charge < -0.3 is 4.98 Å². The van der Waals surface area contributed by atoms with Crippen LogP contribution >= 0.6 is 0 Å². The van der Waals surface area contributed by atoms with Gasteiger partial charge in [-0.15, -0.1) is 0 Å². The van der Waals surface area contributed by atoms with E-state index in [0.29, 0.717) is 0 Å². The number of rotatable bonds is 2. The summed E-state index contributed by atoms with van der Waals surface area (Å²) >= 11 is 0. The van der Waals surface area contributed by atoms with E-state index in [1.54, 1.807) is 6.07 Å². The molecule has 0 radical (unpaired) electrons. The summed E-state index contributed by atoms with van der Waals surface area (Å²) in [4.78, 5) is 13.3. The molecule has 0 amide bonds. The van der Waals surface area contributed by atoms with Gasteiger partial charge in [-0.25, -0.2) is 0 Å². The monoisotopic (exact) mass is 149 g/mol. The number of nitrogens with one attached hydrogen (secondary N) is 1. The Hall–Kier alpha value is -1.05. The fraction of sp³-hybridized carbons (Fsp3) is 0.444. The van der Waals surface area contributed by atoms with Gasteiger partial charge in [0.2, 0.25) is 5.56 Å². The van der Waals surface area contributed by atoms with Crippen LogP contribution in [0.15, 0.2) is 23.1 Å². The van der Waals surface area contributed by atoms with Crippen LogP contribution in [-0.2, 0) is 6.42 Å². The average molecular weight is 149 g/mol. The summed E-state index contributed by atoms with van der Waals surface area (Å²) in [5, 5.41) is 0. The van der Waals surface area contributed by atoms with Gasteiger partial charge in [-0.1, -0.05) is 6.07 Å². The second-order valence-corrected chi connectivity index (χ2v) is 3.21. The molecule has 0 unspecified atom stereocenters. The lowest BCUT2D eigenvalue weighted by atomic mass is 10.1. The number of aromatic amines is 1. The minimum Gasteiger partial charge on any atom is -0.329 e. The maximum atomic E-state index is 10.7. The summed E-state index contributed by atoms with van der Waals surface area (Å²) in [6.07, 6.45) is 5.68. The van der Waals surface area contributed by atoms with Gasteiger partial charge in [-0.05, 0) is 30.7 Å². The molecule has 0 aliphatic heterocycles. The van der Waals surface area contributed by atoms with E-state index in [4.69, 9.17) is 0 Å². The van der Waals surface area contributed by atoms with Crippen LogP contribution in [0.2, 0.25) is 0 Å². The third-order valence-electron chi connectivity index (χ3n) is 2.07. The first-order valence-corrected chi connectivity index (χ1v) is 4.02. The first-order valence-electron chi connectivity index (χ1n) is 4.02. The molecule has 2 nitrogen and oxygen atoms in total. The zero-order valence-electron chi connectivity index (χ0n) is 6.34. The summed E-state index contributed by atoms with van der Waals surface area (Å²) < 4.78 is 0. The highest BCUT2D eigenvalue weighted by atomic mass is 16.1. The topological polar surface area (TPSA) is 32.9 Å². The lowest BCUT2D eigenvalue weighted by Crippen LogP contribution is -2.03. The van der Waals surface area contributed by atoms with Gasteiger partial charge in [0.05, 0.1) is 0 Å². The molecule has 2 rings (SSSR count). The minimum atomic E-state index is -0.00968. The third-order valence-corrected chi connectivity index (χ3v) is 2.07. The zero-order valence-corrected chi connectivity index (χ0v) is 6.34. The number of aromatic nitrogens is 1. The number of H-pyrrole nitrogens is 1. The molecule has 2 heteroatoms. The van der Waals surface area contributed by atoms with Crippen molar-refractivity contribution < 1.29 is 0 Å². The molecular formula is C9H11NO. The maximum absolute atomic E-state index is 10.7. The molecule has 11 heavy (non-hydrogen) atoms. The van der Waals surface area contributed by atoms with Gasteiger partial charge in [0.15, 0.2) is 0 Å². The van der Waals surface area contributed by atoms with Crippen LogP contribution in [0.25, 0.3) is 0 Å². The van der Waals surface area contributed by atoms with Crippen LogP contribution in [0, 0.1) is 5.92 Å². The van der Waals surface area contributed by atoms with E-state index < -0.39 is 0 Å². The molecule has 0 atom stereocenters. The summed E-state index contributed by atoms with van der Waals surface area (Å²) in [7, 11) is 0. The largest absolute Gasteiger partial charge is 0.329 e. The van der Waals surface area contributed by atoms with Gasteiger partial charge in [0.1, 0.15) is 0 Å². The molecule has 1 aromatic heterocycles. The normalized spacial score (nSPS) is 16.7. The Morgan fingerprint density at radius 3 is 2.82 bits per heavy atom. The zero-order chi connectivity index (χ0) is 7.68. The van der Waals surface area contributed by atoms with Crippen LogP contribution in [0.1, 0.15) is 18.4 Å². The van der Waals surface area contributed by atoms with Crippen LogP contribution in [-0.4, -0.2) is 4.98 Å². The molecule has 1 aromatic rings. The molecule has 0 bridgehead atoms. The van der Waals surface area contributed by atoms with E-state index in [0.717, 1.165) is 12.3 Å². The lowest BCUT2D eigenvalue weighted by Gasteiger charge is -1.95. The number of hydrogen-bond donors (Lipinski definition) is 1. The molecular weight excluding hydrogens is 138 g/mol. The second-order valence-electron chi connectivity index (χ2n) is 3.21. The van der Waals surface area contributed by atoms with Crippen molar-refractivity contribution in [3.63, 3.8) is 0 Å². The Bertz CT molecular complexity index is 278. The van der Waals surface area contributed by atoms with Crippen molar-refractivity contribution >= 4 is 0 Å². The molecule has 58 valence electrons. The summed E-state index contributed by atoms with van der Waals surface area (Å²) in [5.74, 6) is 0.890. The van der Waals surface area contributed by atoms with Crippen molar-refractivity contribution in [3.05, 3.63) is 34.2 Å². The molecule has 0 spiro atoms. The van der Waals surface area contributed by atoms with Gasteiger partial charge >= 0.3 is 0 Å². The first kappa shape index (κ1) is 6.65. The van der Waals surface area contributed by atoms with Crippen molar-refractivity contribution in [3.8, 4) is 0 Å². The average Bonchev–Trinajstić information content (AvgIpc) is 2.78. The molecule has 1 heterocycles. The van der Waals surface area contributed by atoms with E-state index >= 15 is 0 Å². The molecule has 1 fully saturated rings. The highest BCUT2D eigenvalue weighted by molar-refractivity contribution is 5.10. The predicted octanol–water partition coefficient (Wildman–Crippen LogP) is 1.33. The van der Waals surface area contributed by atoms with E-state index in [-0.39, 0.29) is 5.56 Å². The van der Waals surface area contributed by atoms with Gasteiger partial charge in [-0.2, -0.15) is 0 Å². The quantitative estimate of drug-likeness (QED) is 0.676. The smallest absolute Gasteiger partial charge is 0.247 e. The molecule has 1 aliphatic carbocycles. The second kappa shape index (κ2) is 2.53. The standard InChI is InChI=1S/C9H11NO/c11-9-4-3-8(6-10-9)5-7-1-2-7/h3-4,6-7H,1-2,5H2,(H,10,11). The fourth-order valence-corrected chi connectivity index (χ4v) is 1.23. The Balaban J connectivity index is 2.11. The lowest BCUT2D eigenvalue weighted by molar-refractivity contribution is 0.826. The Kier molecular flexibility index (Phi) is 1.53. The summed E-state index contributed by atoms with van der Waals surface area (Å²) in [6, 6.07) is 3.51. The Labute approximate surface area is 65.3 Å². The number of pyridine rings is 1. The Morgan fingerprint density at radius 1 is 1.45 bits per heavy atom. The fourth-order valence-electron chi connectivity index (χ4n) is 1.23. The highest BCUT2D eigenvalue weighted by Gasteiger charge is 2.21. The van der Waals surface area contributed by atoms with Crippen molar-refractivity contribution in [2.45, 2.75) is 19.3 Å². The van der Waals surface area contributed by atoms with Crippen LogP contribution < -0.4 is 5.56 Å². The third kappa shape index (κ3) is 1.70. The SMILES string of the molecule is O=c1ccc(CC2CC2)c[nH]1. The molecule has 1 aliphatic rings. The minimum absolute atomic E-state index is 0.00968. The van der Waals surface area contributed by atoms with E-state index in [9.17, 15) is 4.79 Å². The predicted molar refractivity (Wildman–Crippen MR) is 43.5 cm³/mol. The molecule has 1 saturated carbocycles. The van der Waals surface area contributed by atoms with Crippen molar-refractivity contribution in [1.82, 2.24) is 4.98 Å². The number of hydrogen-bond acceptors (Lipinski definition) is 1. The maximum Gasteiger partial charge on any atom is 0.247 e. The molecule has 1 N–H and O–H groups in total. The van der Waals surface area contributed by atoms with Crippen LogP contribution in [0.3, 0.4) is 0 Å². The van der Waals surface area contributed by atoms with Crippen molar-refractivity contribution in [1.29, 1.82) is 0 Å². The van der Waals surface area contributed by atoms with E-state index in [2.05, 4.69) is 4.98 Å². The van der Waals surface area contributed by atoms with Crippen LogP contribution in [0.5, 0.6) is 0 Å². The summed E-state index contributed by atoms with van der Waals surface area (Å²) in [6.45, 7) is 0. The van der Waals surface area contributed by atoms with E-state index in [1.807, 2.05) is 12.3 Å². The van der Waals surface area contributed by atoms with Crippen LogP contribution in [0.4, 0.5) is 0 Å². The van der Waals surface area contributed by atoms with Gasteiger partial charge in [0, 0.05) is 12.3 Å². The van der Waals surface area contributed by atoms with Gasteiger partial charge in [-0.3, -0.25) is 4.79 Å². The first-order chi connectivity index (χ1) is 5.34. The van der Waals surface area contributed by atoms with Crippen molar-refractivity contribution in [2.75, 3.05) is 0 Å². The Morgan fingerprint density at radius 2 is 2.27 bits per heavy atom.